The van der Waals surface area contributed by atoms with Crippen molar-refractivity contribution in [3.8, 4) is 11.5 Å². The van der Waals surface area contributed by atoms with Crippen molar-refractivity contribution in [2.75, 3.05) is 68.4 Å². The molecule has 8 rings (SSSR count). The van der Waals surface area contributed by atoms with Crippen LogP contribution in [0.4, 0.5) is 17.1 Å². The van der Waals surface area contributed by atoms with Crippen LogP contribution in [0.15, 0.2) is 126 Å². The Hall–Kier alpha value is -5.53. The van der Waals surface area contributed by atoms with Gasteiger partial charge in [0.1, 0.15) is 22.7 Å². The first-order valence-electron chi connectivity index (χ1n) is 19.2. The second-order valence-electron chi connectivity index (χ2n) is 14.4. The average molecular weight is 770 g/mol. The van der Waals surface area contributed by atoms with Crippen molar-refractivity contribution < 1.29 is 19.4 Å². The molecule has 0 atom stereocenters. The van der Waals surface area contributed by atoms with Gasteiger partial charge in [-0.05, 0) is 84.3 Å². The van der Waals surface area contributed by atoms with Gasteiger partial charge in [-0.2, -0.15) is 0 Å². The molecule has 0 bridgehead atoms. The monoisotopic (exact) mass is 769 g/mol. The number of nitrogen functional groups attached to an aromatic ring is 1. The van der Waals surface area contributed by atoms with Gasteiger partial charge in [0.15, 0.2) is 0 Å². The largest absolute Gasteiger partial charge is 0.455 e. The first kappa shape index (κ1) is 37.4. The van der Waals surface area contributed by atoms with Crippen molar-refractivity contribution >= 4 is 46.0 Å². The third-order valence-corrected chi connectivity index (χ3v) is 11.5. The van der Waals surface area contributed by atoms with Crippen LogP contribution in [0.2, 0.25) is 0 Å². The minimum absolute atomic E-state index is 0.293. The van der Waals surface area contributed by atoms with Gasteiger partial charge in [-0.1, -0.05) is 60.7 Å². The summed E-state index contributed by atoms with van der Waals surface area (Å²) < 4.78 is 14.9. The molecule has 2 fully saturated rings. The maximum atomic E-state index is 13.8. The van der Waals surface area contributed by atoms with E-state index in [1.165, 1.54) is 11.9 Å². The fourth-order valence-electron chi connectivity index (χ4n) is 7.48. The van der Waals surface area contributed by atoms with E-state index >= 15 is 0 Å². The molecule has 56 heavy (non-hydrogen) atoms. The van der Waals surface area contributed by atoms with Gasteiger partial charge in [0.25, 0.3) is 5.91 Å². The van der Waals surface area contributed by atoms with Gasteiger partial charge in [0.05, 0.1) is 23.1 Å². The number of carbonyl (C=O) groups is 1. The number of nitrogens with one attached hydrogen (secondary N) is 3. The number of amides is 1. The minimum atomic E-state index is -1.15. The Kier molecular flexibility index (Phi) is 11.4. The molecular formula is C44H47N7O4S. The SMILES string of the molecule is Nc1cc(SNC(=O)c2ccc(N3CCN(CC(O)(c4ccccc4)c4ccccc4)CC3)cc2Oc2cnc3[nH]ccc3c2)ccc1NCC1CCOCC1. The molecule has 0 unspecified atom stereocenters. The zero-order valence-electron chi connectivity index (χ0n) is 31.2. The number of ether oxygens (including phenoxy) is 2. The van der Waals surface area contributed by atoms with E-state index in [1.54, 1.807) is 6.20 Å². The van der Waals surface area contributed by atoms with E-state index in [-0.39, 0.29) is 5.91 Å². The number of aliphatic hydroxyl groups is 1. The van der Waals surface area contributed by atoms with E-state index in [2.05, 4.69) is 29.8 Å². The summed E-state index contributed by atoms with van der Waals surface area (Å²) in [4.78, 5) is 26.8. The van der Waals surface area contributed by atoms with Crippen molar-refractivity contribution in [3.63, 3.8) is 0 Å². The molecule has 2 aliphatic heterocycles. The molecule has 2 aliphatic rings. The highest BCUT2D eigenvalue weighted by Gasteiger charge is 2.35. The lowest BCUT2D eigenvalue weighted by Gasteiger charge is -2.40. The highest BCUT2D eigenvalue weighted by molar-refractivity contribution is 7.98. The van der Waals surface area contributed by atoms with Crippen LogP contribution in [0.3, 0.4) is 0 Å². The number of fused-ring (bicyclic) bond motifs is 1. The molecule has 4 aromatic carbocycles. The molecule has 288 valence electrons. The molecule has 6 N–H and O–H groups in total. The maximum Gasteiger partial charge on any atom is 0.265 e. The van der Waals surface area contributed by atoms with Crippen LogP contribution in [-0.4, -0.2) is 78.4 Å². The van der Waals surface area contributed by atoms with E-state index in [4.69, 9.17) is 15.2 Å². The molecule has 11 nitrogen and oxygen atoms in total. The summed E-state index contributed by atoms with van der Waals surface area (Å²) in [6, 6.07) is 35.1. The highest BCUT2D eigenvalue weighted by Crippen LogP contribution is 2.35. The van der Waals surface area contributed by atoms with E-state index in [9.17, 15) is 9.90 Å². The summed E-state index contributed by atoms with van der Waals surface area (Å²) in [5.74, 6) is 1.22. The Morgan fingerprint density at radius 2 is 1.66 bits per heavy atom. The molecule has 0 spiro atoms. The lowest BCUT2D eigenvalue weighted by molar-refractivity contribution is 0.0337. The van der Waals surface area contributed by atoms with E-state index in [1.807, 2.05) is 115 Å². The maximum absolute atomic E-state index is 13.8. The predicted octanol–water partition coefficient (Wildman–Crippen LogP) is 7.27. The first-order valence-corrected chi connectivity index (χ1v) is 20.0. The zero-order chi connectivity index (χ0) is 38.3. The van der Waals surface area contributed by atoms with Gasteiger partial charge in [-0.25, -0.2) is 4.98 Å². The van der Waals surface area contributed by atoms with Gasteiger partial charge in [0.2, 0.25) is 0 Å². The Bertz CT molecular complexity index is 2200. The number of anilines is 3. The molecule has 1 amide bonds. The second-order valence-corrected chi connectivity index (χ2v) is 15.3. The number of carbonyl (C=O) groups excluding carboxylic acids is 1. The standard InChI is InChI=1S/C44H47N7O4S/c45-39-27-37(12-14-40(39)47-28-31-16-23-54-24-17-31)56-49-43(52)38-13-11-35(26-41(38)55-36-25-32-15-18-46-42(32)48-29-36)51-21-19-50(20-22-51)30-44(53,33-7-3-1-4-8-33)34-9-5-2-6-10-34/h1-15,18,25-27,29,31,47,53H,16-17,19-24,28,30,45H2,(H,46,48)(H,49,52). The number of aromatic amines is 1. The van der Waals surface area contributed by atoms with Crippen LogP contribution >= 0.6 is 11.9 Å². The van der Waals surface area contributed by atoms with Gasteiger partial charge < -0.3 is 35.5 Å². The van der Waals surface area contributed by atoms with Crippen LogP contribution in [0.25, 0.3) is 11.0 Å². The lowest BCUT2D eigenvalue weighted by Crippen LogP contribution is -2.51. The summed E-state index contributed by atoms with van der Waals surface area (Å²) >= 11 is 1.21. The van der Waals surface area contributed by atoms with Gasteiger partial charge in [-0.15, -0.1) is 0 Å². The number of nitrogens with two attached hydrogens (primary N) is 1. The number of rotatable bonds is 13. The van der Waals surface area contributed by atoms with Gasteiger partial charge in [-0.3, -0.25) is 14.4 Å². The summed E-state index contributed by atoms with van der Waals surface area (Å²) in [5, 5.41) is 16.6. The Labute approximate surface area is 331 Å². The summed E-state index contributed by atoms with van der Waals surface area (Å²) in [7, 11) is 0. The fraction of sp³-hybridized carbons (Fsp3) is 0.273. The first-order chi connectivity index (χ1) is 27.4. The van der Waals surface area contributed by atoms with Crippen LogP contribution in [0.1, 0.15) is 34.3 Å². The molecule has 0 radical (unpaired) electrons. The Morgan fingerprint density at radius 1 is 0.929 bits per heavy atom. The molecule has 4 heterocycles. The topological polar surface area (TPSA) is 141 Å². The molecule has 2 aromatic heterocycles. The molecule has 6 aromatic rings. The highest BCUT2D eigenvalue weighted by atomic mass is 32.2. The van der Waals surface area contributed by atoms with E-state index < -0.39 is 5.60 Å². The number of hydrogen-bond acceptors (Lipinski definition) is 10. The molecule has 12 heteroatoms. The normalized spacial score (nSPS) is 15.5. The van der Waals surface area contributed by atoms with Crippen molar-refractivity contribution in [2.45, 2.75) is 23.3 Å². The number of nitrogens with zero attached hydrogens (tertiary/aromatic N) is 3. The lowest BCUT2D eigenvalue weighted by atomic mass is 9.85. The number of hydrogen-bond donors (Lipinski definition) is 5. The number of β-amino-alcohol motifs (C(OH)–C–C–N with tert-alkyl or cyclic N) is 1. The van der Waals surface area contributed by atoms with Gasteiger partial charge >= 0.3 is 0 Å². The number of pyridine rings is 1. The fourth-order valence-corrected chi connectivity index (χ4v) is 8.12. The van der Waals surface area contributed by atoms with E-state index in [0.29, 0.717) is 35.2 Å². The van der Waals surface area contributed by atoms with Crippen molar-refractivity contribution in [1.29, 1.82) is 0 Å². The number of aromatic nitrogens is 2. The molecular weight excluding hydrogens is 723 g/mol. The van der Waals surface area contributed by atoms with Crippen LogP contribution in [0, 0.1) is 5.92 Å². The Balaban J connectivity index is 0.963. The number of piperazine rings is 1. The van der Waals surface area contributed by atoms with Gasteiger partial charge in [0, 0.05) is 80.7 Å². The van der Waals surface area contributed by atoms with Crippen LogP contribution < -0.4 is 25.4 Å². The van der Waals surface area contributed by atoms with Crippen molar-refractivity contribution in [3.05, 3.63) is 138 Å². The average Bonchev–Trinajstić information content (AvgIpc) is 3.72. The molecule has 2 saturated heterocycles. The molecule has 0 aliphatic carbocycles. The summed E-state index contributed by atoms with van der Waals surface area (Å²) in [5.41, 5.74) is 10.6. The summed E-state index contributed by atoms with van der Waals surface area (Å²) in [6.07, 6.45) is 5.58. The number of H-pyrrole nitrogens is 1. The van der Waals surface area contributed by atoms with Crippen LogP contribution in [0.5, 0.6) is 11.5 Å². The Morgan fingerprint density at radius 3 is 2.38 bits per heavy atom. The minimum Gasteiger partial charge on any atom is -0.455 e. The molecule has 0 saturated carbocycles. The number of benzene rings is 4. The third-order valence-electron chi connectivity index (χ3n) is 10.7. The van der Waals surface area contributed by atoms with Crippen molar-refractivity contribution in [2.24, 2.45) is 5.92 Å². The van der Waals surface area contributed by atoms with Crippen LogP contribution in [-0.2, 0) is 10.3 Å². The third kappa shape index (κ3) is 8.63. The quantitative estimate of drug-likeness (QED) is 0.0602. The smallest absolute Gasteiger partial charge is 0.265 e. The predicted molar refractivity (Wildman–Crippen MR) is 223 cm³/mol. The zero-order valence-corrected chi connectivity index (χ0v) is 32.0. The van der Waals surface area contributed by atoms with E-state index in [0.717, 1.165) is 97.2 Å². The second kappa shape index (κ2) is 17.1. The van der Waals surface area contributed by atoms with Crippen molar-refractivity contribution in [1.82, 2.24) is 19.6 Å². The summed E-state index contributed by atoms with van der Waals surface area (Å²) in [6.45, 7) is 5.90.